The summed E-state index contributed by atoms with van der Waals surface area (Å²) in [6.45, 7) is 7.63. The number of fused-ring (bicyclic) bond motifs is 2. The fraction of sp³-hybridized carbons (Fsp3) is 0.692. The van der Waals surface area contributed by atoms with Gasteiger partial charge in [-0.2, -0.15) is 0 Å². The molecule has 1 unspecified atom stereocenters. The van der Waals surface area contributed by atoms with Crippen LogP contribution in [0.25, 0.3) is 0 Å². The van der Waals surface area contributed by atoms with Gasteiger partial charge in [0, 0.05) is 30.3 Å². The number of unbranched alkanes of at least 4 members (excludes halogenated alkanes) is 15. The van der Waals surface area contributed by atoms with Crippen LogP contribution in [0.3, 0.4) is 0 Å². The second-order valence-corrected chi connectivity index (χ2v) is 14.0. The molecule has 0 fully saturated rings. The molecule has 0 aromatic heterocycles. The van der Waals surface area contributed by atoms with E-state index in [1.807, 2.05) is 6.07 Å². The quantitative estimate of drug-likeness (QED) is 0.0754. The Labute approximate surface area is 283 Å². The molecule has 0 N–H and O–H groups in total. The van der Waals surface area contributed by atoms with Crippen LogP contribution >= 0.6 is 0 Å². The second-order valence-electron chi connectivity index (χ2n) is 14.0. The van der Waals surface area contributed by atoms with E-state index in [9.17, 15) is 10.1 Å². The fourth-order valence-corrected chi connectivity index (χ4v) is 7.91. The van der Waals surface area contributed by atoms with Crippen LogP contribution in [0.15, 0.2) is 24.3 Å². The lowest BCUT2D eigenvalue weighted by atomic mass is 9.73. The van der Waals surface area contributed by atoms with Crippen LogP contribution in [0.1, 0.15) is 141 Å². The van der Waals surface area contributed by atoms with E-state index in [2.05, 4.69) is 37.8 Å². The van der Waals surface area contributed by atoms with Crippen LogP contribution in [-0.2, 0) is 11.8 Å². The number of hydrogen-bond acceptors (Lipinski definition) is 7. The summed E-state index contributed by atoms with van der Waals surface area (Å²) in [5, 5.41) is 12.0. The molecule has 8 nitrogen and oxygen atoms in total. The van der Waals surface area contributed by atoms with Crippen LogP contribution in [0, 0.1) is 10.1 Å². The first-order valence-electron chi connectivity index (χ1n) is 18.3. The van der Waals surface area contributed by atoms with E-state index in [1.165, 1.54) is 122 Å². The zero-order chi connectivity index (χ0) is 33.9. The summed E-state index contributed by atoms with van der Waals surface area (Å²) in [5.41, 5.74) is 1.87. The molecule has 0 amide bonds. The minimum Gasteiger partial charge on any atom is -0.497 e. The minimum absolute atomic E-state index is 0.141. The molecular weight excluding hydrogens is 592 g/mol. The summed E-state index contributed by atoms with van der Waals surface area (Å²) in [5.74, 6) is 1.77. The van der Waals surface area contributed by atoms with Crippen molar-refractivity contribution >= 4 is 11.4 Å². The highest BCUT2D eigenvalue weighted by Gasteiger charge is 2.60. The molecule has 2 heterocycles. The van der Waals surface area contributed by atoms with Crippen LogP contribution in [-0.4, -0.2) is 38.5 Å². The first-order valence-corrected chi connectivity index (χ1v) is 18.3. The van der Waals surface area contributed by atoms with Crippen molar-refractivity contribution in [2.45, 2.75) is 147 Å². The van der Waals surface area contributed by atoms with E-state index >= 15 is 0 Å². The maximum Gasteiger partial charge on any atom is 0.352 e. The third-order valence-electron chi connectivity index (χ3n) is 10.7. The van der Waals surface area contributed by atoms with Gasteiger partial charge in [0.1, 0.15) is 11.5 Å². The zero-order valence-corrected chi connectivity index (χ0v) is 30.1. The third kappa shape index (κ3) is 8.11. The lowest BCUT2D eigenvalue weighted by Crippen LogP contribution is -2.61. The molecule has 8 heteroatoms. The van der Waals surface area contributed by atoms with E-state index < -0.39 is 10.6 Å². The summed E-state index contributed by atoms with van der Waals surface area (Å²) >= 11 is 0. The summed E-state index contributed by atoms with van der Waals surface area (Å²) in [6, 6.07) is 8.00. The van der Waals surface area contributed by atoms with Crippen molar-refractivity contribution in [3.8, 4) is 23.0 Å². The van der Waals surface area contributed by atoms with Crippen molar-refractivity contribution in [3.63, 3.8) is 0 Å². The predicted octanol–water partition coefficient (Wildman–Crippen LogP) is 10.7. The van der Waals surface area contributed by atoms with Crippen LogP contribution in [0.5, 0.6) is 23.0 Å². The van der Waals surface area contributed by atoms with Gasteiger partial charge in [0.15, 0.2) is 5.72 Å². The molecule has 47 heavy (non-hydrogen) atoms. The van der Waals surface area contributed by atoms with E-state index in [4.69, 9.17) is 18.9 Å². The number of rotatable bonds is 21. The average molecular weight is 653 g/mol. The number of methoxy groups -OCH3 is 3. The molecule has 1 atom stereocenters. The molecule has 2 aliphatic heterocycles. The number of anilines is 1. The highest BCUT2D eigenvalue weighted by Crippen LogP contribution is 2.59. The van der Waals surface area contributed by atoms with Gasteiger partial charge in [-0.1, -0.05) is 103 Å². The van der Waals surface area contributed by atoms with Gasteiger partial charge in [0.2, 0.25) is 11.5 Å². The van der Waals surface area contributed by atoms with Crippen molar-refractivity contribution in [3.05, 3.63) is 45.5 Å². The molecule has 0 saturated heterocycles. The number of hydrogen-bond donors (Lipinski definition) is 0. The van der Waals surface area contributed by atoms with Gasteiger partial charge in [-0.3, -0.25) is 10.1 Å². The Morgan fingerprint density at radius 2 is 1.38 bits per heavy atom. The van der Waals surface area contributed by atoms with E-state index in [1.54, 1.807) is 13.2 Å². The molecule has 2 aromatic rings. The molecule has 0 radical (unpaired) electrons. The summed E-state index contributed by atoms with van der Waals surface area (Å²) < 4.78 is 23.8. The van der Waals surface area contributed by atoms with Gasteiger partial charge in [0.25, 0.3) is 0 Å². The highest BCUT2D eigenvalue weighted by molar-refractivity contribution is 5.71. The SMILES string of the molecule is CCCCCCCCCCCCCCCCCCN1c2ccc(OC)cc2C(C)(C)C12CCc1c(cc(OC)c([N+](=O)[O-])c1OC)O2. The van der Waals surface area contributed by atoms with E-state index in [0.717, 1.165) is 24.3 Å². The molecule has 262 valence electrons. The van der Waals surface area contributed by atoms with E-state index in [0.29, 0.717) is 18.6 Å². The largest absolute Gasteiger partial charge is 0.497 e. The monoisotopic (exact) mass is 652 g/mol. The van der Waals surface area contributed by atoms with Crippen LogP contribution in [0.4, 0.5) is 11.4 Å². The zero-order valence-electron chi connectivity index (χ0n) is 30.1. The second kappa shape index (κ2) is 17.3. The molecule has 2 aliphatic rings. The van der Waals surface area contributed by atoms with Gasteiger partial charge in [0.05, 0.1) is 31.7 Å². The molecule has 4 rings (SSSR count). The Morgan fingerprint density at radius 1 is 0.809 bits per heavy atom. The molecule has 2 aromatic carbocycles. The normalized spacial score (nSPS) is 17.7. The smallest absolute Gasteiger partial charge is 0.352 e. The lowest BCUT2D eigenvalue weighted by Gasteiger charge is -2.50. The standard InChI is InChI=1S/C39H60N2O6/c1-7-8-9-10-11-12-13-14-15-16-17-18-19-20-21-22-27-40-33-24-23-30(44-4)28-32(33)38(2,3)39(40)26-25-31-34(47-39)29-35(45-5)36(41(42)43)37(31)46-6/h23-24,28-29H,7-22,25-27H2,1-6H3. The maximum absolute atomic E-state index is 12.0. The molecule has 0 bridgehead atoms. The number of nitro benzene ring substituents is 1. The maximum atomic E-state index is 12.0. The average Bonchev–Trinajstić information content (AvgIpc) is 3.24. The lowest BCUT2D eigenvalue weighted by molar-refractivity contribution is -0.386. The van der Waals surface area contributed by atoms with Gasteiger partial charge in [-0.15, -0.1) is 0 Å². The molecule has 0 aliphatic carbocycles. The van der Waals surface area contributed by atoms with Crippen LogP contribution in [0.2, 0.25) is 0 Å². The van der Waals surface area contributed by atoms with E-state index in [-0.39, 0.29) is 22.6 Å². The summed E-state index contributed by atoms with van der Waals surface area (Å²) in [7, 11) is 4.61. The topological polar surface area (TPSA) is 83.3 Å². The summed E-state index contributed by atoms with van der Waals surface area (Å²) in [6.07, 6.45) is 22.7. The molecular formula is C39H60N2O6. The minimum atomic E-state index is -0.670. The Kier molecular flexibility index (Phi) is 13.5. The number of benzene rings is 2. The first kappa shape index (κ1) is 36.7. The number of nitro groups is 1. The number of nitrogens with zero attached hydrogens (tertiary/aromatic N) is 2. The highest BCUT2D eigenvalue weighted by atomic mass is 16.6. The van der Waals surface area contributed by atoms with Crippen molar-refractivity contribution in [1.29, 1.82) is 0 Å². The third-order valence-corrected chi connectivity index (χ3v) is 10.7. The van der Waals surface area contributed by atoms with Crippen molar-refractivity contribution < 1.29 is 23.9 Å². The van der Waals surface area contributed by atoms with Crippen LogP contribution < -0.4 is 23.8 Å². The van der Waals surface area contributed by atoms with Crippen molar-refractivity contribution in [2.24, 2.45) is 0 Å². The van der Waals surface area contributed by atoms with Gasteiger partial charge < -0.3 is 23.8 Å². The number of ether oxygens (including phenoxy) is 4. The van der Waals surface area contributed by atoms with Gasteiger partial charge in [-0.05, 0) is 50.5 Å². The summed E-state index contributed by atoms with van der Waals surface area (Å²) in [4.78, 5) is 14.0. The molecule has 1 spiro atoms. The molecule has 0 saturated carbocycles. The first-order chi connectivity index (χ1) is 22.7. The Hall–Kier alpha value is -3.16. The Balaban J connectivity index is 1.36. The Morgan fingerprint density at radius 3 is 1.89 bits per heavy atom. The van der Waals surface area contributed by atoms with Crippen molar-refractivity contribution in [2.75, 3.05) is 32.8 Å². The Bertz CT molecular complexity index is 1310. The van der Waals surface area contributed by atoms with Gasteiger partial charge in [-0.25, -0.2) is 0 Å². The van der Waals surface area contributed by atoms with Gasteiger partial charge >= 0.3 is 5.69 Å². The predicted molar refractivity (Wildman–Crippen MR) is 191 cm³/mol. The fourth-order valence-electron chi connectivity index (χ4n) is 7.91. The van der Waals surface area contributed by atoms with Crippen molar-refractivity contribution in [1.82, 2.24) is 0 Å².